The standard InChI is InChI=1S/C24H27NO4S/c1-27-18-12-10-17(11-13-18)25-21(20-16-28-24(29-20)14-6-3-7-15-24)22(23(25)26)30-19-8-4-2-5-9-19/h2,4-5,8-13,20-22H,3,6-7,14-16H2,1H3/t20-,21+,22+/m1/s1. The molecule has 2 heterocycles. The first-order valence-electron chi connectivity index (χ1n) is 10.7. The monoisotopic (exact) mass is 425 g/mol. The van der Waals surface area contributed by atoms with Crippen LogP contribution in [0, 0.1) is 0 Å². The predicted molar refractivity (Wildman–Crippen MR) is 117 cm³/mol. The summed E-state index contributed by atoms with van der Waals surface area (Å²) in [5.41, 5.74) is 0.879. The summed E-state index contributed by atoms with van der Waals surface area (Å²) in [5.74, 6) is 0.446. The SMILES string of the molecule is COc1ccc(N2C(=O)[C@@H](Sc3ccccc3)[C@@H]2[C@H]2COC3(CCCCC3)O2)cc1. The van der Waals surface area contributed by atoms with Gasteiger partial charge in [0.15, 0.2) is 5.79 Å². The van der Waals surface area contributed by atoms with Crippen LogP contribution in [-0.4, -0.2) is 42.8 Å². The molecule has 3 fully saturated rings. The molecule has 1 amide bonds. The van der Waals surface area contributed by atoms with Crippen molar-refractivity contribution in [3.05, 3.63) is 54.6 Å². The lowest BCUT2D eigenvalue weighted by Gasteiger charge is -2.49. The van der Waals surface area contributed by atoms with Gasteiger partial charge in [-0.2, -0.15) is 0 Å². The van der Waals surface area contributed by atoms with Crippen LogP contribution in [0.1, 0.15) is 32.1 Å². The minimum absolute atomic E-state index is 0.0580. The normalized spacial score (nSPS) is 27.8. The van der Waals surface area contributed by atoms with Crippen molar-refractivity contribution in [1.29, 1.82) is 0 Å². The largest absolute Gasteiger partial charge is 0.497 e. The molecule has 2 aliphatic heterocycles. The number of benzene rings is 2. The number of thioether (sulfide) groups is 1. The summed E-state index contributed by atoms with van der Waals surface area (Å²) in [6, 6.07) is 17.7. The summed E-state index contributed by atoms with van der Waals surface area (Å²) in [4.78, 5) is 16.2. The molecule has 0 bridgehead atoms. The topological polar surface area (TPSA) is 48.0 Å². The average molecular weight is 426 g/mol. The van der Waals surface area contributed by atoms with Crippen LogP contribution < -0.4 is 9.64 Å². The molecule has 2 aromatic carbocycles. The number of hydrogen-bond acceptors (Lipinski definition) is 5. The Morgan fingerprint density at radius 1 is 1.03 bits per heavy atom. The third-order valence-corrected chi connectivity index (χ3v) is 7.60. The van der Waals surface area contributed by atoms with Crippen LogP contribution in [0.5, 0.6) is 5.75 Å². The van der Waals surface area contributed by atoms with Gasteiger partial charge in [0.05, 0.1) is 19.8 Å². The number of carbonyl (C=O) groups is 1. The maximum atomic E-state index is 13.2. The maximum Gasteiger partial charge on any atom is 0.243 e. The van der Waals surface area contributed by atoms with Crippen LogP contribution in [0.4, 0.5) is 5.69 Å². The number of rotatable bonds is 5. The highest BCUT2D eigenvalue weighted by molar-refractivity contribution is 8.00. The Labute approximate surface area is 181 Å². The second kappa shape index (κ2) is 8.25. The number of anilines is 1. The lowest BCUT2D eigenvalue weighted by Crippen LogP contribution is -2.68. The fourth-order valence-corrected chi connectivity index (χ4v) is 6.01. The van der Waals surface area contributed by atoms with E-state index in [1.807, 2.05) is 47.4 Å². The number of carbonyl (C=O) groups excluding carboxylic acids is 1. The molecule has 5 rings (SSSR count). The van der Waals surface area contributed by atoms with Crippen LogP contribution in [0.2, 0.25) is 0 Å². The highest BCUT2D eigenvalue weighted by Gasteiger charge is 2.57. The molecule has 30 heavy (non-hydrogen) atoms. The molecule has 1 aliphatic carbocycles. The Bertz CT molecular complexity index is 882. The first-order valence-corrected chi connectivity index (χ1v) is 11.6. The van der Waals surface area contributed by atoms with Crippen LogP contribution in [-0.2, 0) is 14.3 Å². The van der Waals surface area contributed by atoms with Gasteiger partial charge >= 0.3 is 0 Å². The Kier molecular flexibility index (Phi) is 5.48. The van der Waals surface area contributed by atoms with Gasteiger partial charge in [-0.25, -0.2) is 0 Å². The quantitative estimate of drug-likeness (QED) is 0.653. The van der Waals surface area contributed by atoms with E-state index in [2.05, 4.69) is 12.1 Å². The van der Waals surface area contributed by atoms with Crippen molar-refractivity contribution in [3.8, 4) is 5.75 Å². The van der Waals surface area contributed by atoms with Gasteiger partial charge in [-0.05, 0) is 49.2 Å². The second-order valence-corrected chi connectivity index (χ2v) is 9.40. The molecule has 158 valence electrons. The molecule has 1 spiro atoms. The fourth-order valence-electron chi connectivity index (χ4n) is 4.75. The number of methoxy groups -OCH3 is 1. The van der Waals surface area contributed by atoms with E-state index in [0.29, 0.717) is 6.61 Å². The molecule has 0 aromatic heterocycles. The summed E-state index contributed by atoms with van der Waals surface area (Å²) in [6.07, 6.45) is 5.29. The smallest absolute Gasteiger partial charge is 0.243 e. The second-order valence-electron chi connectivity index (χ2n) is 8.19. The van der Waals surface area contributed by atoms with Crippen LogP contribution in [0.15, 0.2) is 59.5 Å². The third-order valence-electron chi connectivity index (χ3n) is 6.32. The lowest BCUT2D eigenvalue weighted by atomic mass is 9.93. The van der Waals surface area contributed by atoms with Gasteiger partial charge in [0.2, 0.25) is 5.91 Å². The number of β-lactam (4-membered cyclic amide) rings is 1. The summed E-state index contributed by atoms with van der Waals surface area (Å²) < 4.78 is 18.0. The van der Waals surface area contributed by atoms with Gasteiger partial charge in [-0.15, -0.1) is 11.8 Å². The highest BCUT2D eigenvalue weighted by atomic mass is 32.2. The minimum Gasteiger partial charge on any atom is -0.497 e. The van der Waals surface area contributed by atoms with Crippen molar-refractivity contribution < 1.29 is 19.0 Å². The van der Waals surface area contributed by atoms with Crippen molar-refractivity contribution in [1.82, 2.24) is 0 Å². The van der Waals surface area contributed by atoms with E-state index in [9.17, 15) is 4.79 Å². The molecule has 2 saturated heterocycles. The molecular formula is C24H27NO4S. The van der Waals surface area contributed by atoms with Crippen LogP contribution in [0.3, 0.4) is 0 Å². The van der Waals surface area contributed by atoms with E-state index >= 15 is 0 Å². The highest BCUT2D eigenvalue weighted by Crippen LogP contribution is 2.46. The van der Waals surface area contributed by atoms with E-state index < -0.39 is 5.79 Å². The number of hydrogen-bond donors (Lipinski definition) is 0. The molecule has 0 unspecified atom stereocenters. The molecule has 6 heteroatoms. The Balaban J connectivity index is 1.41. The van der Waals surface area contributed by atoms with E-state index in [1.165, 1.54) is 6.42 Å². The number of amides is 1. The van der Waals surface area contributed by atoms with E-state index in [1.54, 1.807) is 18.9 Å². The van der Waals surface area contributed by atoms with Gasteiger partial charge < -0.3 is 19.1 Å². The zero-order chi connectivity index (χ0) is 20.6. The van der Waals surface area contributed by atoms with Gasteiger partial charge in [0.1, 0.15) is 17.1 Å². The Morgan fingerprint density at radius 2 is 1.77 bits per heavy atom. The summed E-state index contributed by atoms with van der Waals surface area (Å²) >= 11 is 1.62. The zero-order valence-electron chi connectivity index (χ0n) is 17.2. The first-order chi connectivity index (χ1) is 14.7. The van der Waals surface area contributed by atoms with E-state index in [-0.39, 0.29) is 23.3 Å². The van der Waals surface area contributed by atoms with Gasteiger partial charge in [-0.1, -0.05) is 24.6 Å². The molecule has 0 N–H and O–H groups in total. The Hall–Kier alpha value is -2.02. The van der Waals surface area contributed by atoms with Crippen LogP contribution in [0.25, 0.3) is 0 Å². The first kappa shape index (κ1) is 19.9. The molecule has 1 saturated carbocycles. The van der Waals surface area contributed by atoms with Crippen molar-refractivity contribution in [2.75, 3.05) is 18.6 Å². The Morgan fingerprint density at radius 3 is 2.47 bits per heavy atom. The maximum absolute atomic E-state index is 13.2. The van der Waals surface area contributed by atoms with Gasteiger partial charge in [-0.3, -0.25) is 4.79 Å². The molecule has 0 radical (unpaired) electrons. The zero-order valence-corrected chi connectivity index (χ0v) is 18.0. The lowest BCUT2D eigenvalue weighted by molar-refractivity contribution is -0.190. The van der Waals surface area contributed by atoms with Crippen molar-refractivity contribution in [2.45, 2.75) is 60.2 Å². The van der Waals surface area contributed by atoms with Crippen molar-refractivity contribution in [2.24, 2.45) is 0 Å². The van der Waals surface area contributed by atoms with Crippen molar-refractivity contribution >= 4 is 23.4 Å². The van der Waals surface area contributed by atoms with E-state index in [4.69, 9.17) is 14.2 Å². The molecule has 3 atom stereocenters. The third kappa shape index (κ3) is 3.61. The molecule has 2 aromatic rings. The van der Waals surface area contributed by atoms with Crippen LogP contribution >= 0.6 is 11.8 Å². The van der Waals surface area contributed by atoms with Gasteiger partial charge in [0.25, 0.3) is 0 Å². The average Bonchev–Trinajstić information content (AvgIpc) is 3.19. The van der Waals surface area contributed by atoms with E-state index in [0.717, 1.165) is 42.0 Å². The molecule has 5 nitrogen and oxygen atoms in total. The summed E-state index contributed by atoms with van der Waals surface area (Å²) in [6.45, 7) is 0.538. The molecular weight excluding hydrogens is 398 g/mol. The predicted octanol–water partition coefficient (Wildman–Crippen LogP) is 4.65. The summed E-state index contributed by atoms with van der Waals surface area (Å²) in [5, 5.41) is -0.179. The fraction of sp³-hybridized carbons (Fsp3) is 0.458. The number of nitrogens with zero attached hydrogens (tertiary/aromatic N) is 1. The number of ether oxygens (including phenoxy) is 3. The molecule has 3 aliphatic rings. The minimum atomic E-state index is -0.449. The van der Waals surface area contributed by atoms with Crippen molar-refractivity contribution in [3.63, 3.8) is 0 Å². The van der Waals surface area contributed by atoms with Gasteiger partial charge in [0, 0.05) is 23.4 Å². The summed E-state index contributed by atoms with van der Waals surface area (Å²) in [7, 11) is 1.65.